The van der Waals surface area contributed by atoms with Gasteiger partial charge in [-0.3, -0.25) is 4.79 Å². The van der Waals surface area contributed by atoms with Crippen LogP contribution in [0.15, 0.2) is 30.3 Å². The lowest BCUT2D eigenvalue weighted by molar-refractivity contribution is 0.0915. The van der Waals surface area contributed by atoms with E-state index in [1.165, 1.54) is 25.7 Å². The van der Waals surface area contributed by atoms with Crippen LogP contribution in [0.25, 0.3) is 0 Å². The Morgan fingerprint density at radius 3 is 2.61 bits per heavy atom. The number of benzene rings is 1. The van der Waals surface area contributed by atoms with Gasteiger partial charge in [0.05, 0.1) is 0 Å². The summed E-state index contributed by atoms with van der Waals surface area (Å²) < 4.78 is 0. The van der Waals surface area contributed by atoms with Crippen molar-refractivity contribution in [2.24, 2.45) is 17.8 Å². The standard InChI is InChI=1S/C16H21NO/c1-11(15-10-12-7-8-14(15)9-12)17-16(18)13-5-3-2-4-6-13/h2-6,11-12,14-15H,7-10H2,1H3,(H,17,18)/t11-,12-,14-,15+/m0/s1. The van der Waals surface area contributed by atoms with Crippen molar-refractivity contribution in [1.82, 2.24) is 5.32 Å². The molecule has 18 heavy (non-hydrogen) atoms. The molecule has 2 bridgehead atoms. The van der Waals surface area contributed by atoms with Gasteiger partial charge in [-0.15, -0.1) is 0 Å². The zero-order chi connectivity index (χ0) is 12.5. The van der Waals surface area contributed by atoms with Crippen LogP contribution in [0.5, 0.6) is 0 Å². The van der Waals surface area contributed by atoms with Crippen molar-refractivity contribution in [1.29, 1.82) is 0 Å². The monoisotopic (exact) mass is 243 g/mol. The third-order valence-electron chi connectivity index (χ3n) is 4.83. The minimum absolute atomic E-state index is 0.0749. The van der Waals surface area contributed by atoms with Crippen molar-refractivity contribution in [2.45, 2.75) is 38.6 Å². The van der Waals surface area contributed by atoms with Crippen molar-refractivity contribution in [3.63, 3.8) is 0 Å². The molecular formula is C16H21NO. The van der Waals surface area contributed by atoms with E-state index in [-0.39, 0.29) is 5.91 Å². The van der Waals surface area contributed by atoms with Crippen molar-refractivity contribution in [2.75, 3.05) is 0 Å². The molecule has 2 aliphatic carbocycles. The Kier molecular flexibility index (Phi) is 3.11. The van der Waals surface area contributed by atoms with E-state index in [0.717, 1.165) is 17.4 Å². The Bertz CT molecular complexity index is 428. The SMILES string of the molecule is C[C@H](NC(=O)c1ccccc1)[C@H]1C[C@H]2CC[C@H]1C2. The molecule has 0 unspecified atom stereocenters. The molecule has 2 saturated carbocycles. The van der Waals surface area contributed by atoms with Gasteiger partial charge in [0.1, 0.15) is 0 Å². The van der Waals surface area contributed by atoms with Crippen LogP contribution in [0, 0.1) is 17.8 Å². The fourth-order valence-corrected chi connectivity index (χ4v) is 3.89. The number of amides is 1. The summed E-state index contributed by atoms with van der Waals surface area (Å²) in [4.78, 5) is 12.1. The summed E-state index contributed by atoms with van der Waals surface area (Å²) in [6.07, 6.45) is 5.51. The van der Waals surface area contributed by atoms with E-state index in [9.17, 15) is 4.79 Å². The number of nitrogens with one attached hydrogen (secondary N) is 1. The first-order valence-electron chi connectivity index (χ1n) is 7.10. The summed E-state index contributed by atoms with van der Waals surface area (Å²) in [6.45, 7) is 2.17. The number of hydrogen-bond donors (Lipinski definition) is 1. The van der Waals surface area contributed by atoms with Gasteiger partial charge in [-0.25, -0.2) is 0 Å². The molecule has 0 aliphatic heterocycles. The maximum Gasteiger partial charge on any atom is 0.251 e. The van der Waals surface area contributed by atoms with E-state index in [1.54, 1.807) is 0 Å². The van der Waals surface area contributed by atoms with Gasteiger partial charge in [0.2, 0.25) is 0 Å². The Morgan fingerprint density at radius 2 is 2.00 bits per heavy atom. The summed E-state index contributed by atoms with van der Waals surface area (Å²) in [5.41, 5.74) is 0.771. The maximum atomic E-state index is 12.1. The van der Waals surface area contributed by atoms with Crippen LogP contribution in [0.4, 0.5) is 0 Å². The minimum atomic E-state index is 0.0749. The van der Waals surface area contributed by atoms with Gasteiger partial charge in [0.25, 0.3) is 5.91 Å². The van der Waals surface area contributed by atoms with E-state index < -0.39 is 0 Å². The van der Waals surface area contributed by atoms with E-state index in [2.05, 4.69) is 12.2 Å². The number of carbonyl (C=O) groups excluding carboxylic acids is 1. The average molecular weight is 243 g/mol. The lowest BCUT2D eigenvalue weighted by atomic mass is 9.84. The molecule has 2 aliphatic rings. The summed E-state index contributed by atoms with van der Waals surface area (Å²) >= 11 is 0. The average Bonchev–Trinajstić information content (AvgIpc) is 3.02. The second-order valence-electron chi connectivity index (χ2n) is 5.97. The first-order valence-corrected chi connectivity index (χ1v) is 7.10. The Morgan fingerprint density at radius 1 is 1.22 bits per heavy atom. The van der Waals surface area contributed by atoms with Crippen molar-refractivity contribution >= 4 is 5.91 Å². The molecular weight excluding hydrogens is 222 g/mol. The molecule has 4 atom stereocenters. The lowest BCUT2D eigenvalue weighted by Crippen LogP contribution is -2.40. The Hall–Kier alpha value is -1.31. The van der Waals surface area contributed by atoms with Gasteiger partial charge >= 0.3 is 0 Å². The van der Waals surface area contributed by atoms with Crippen LogP contribution in [0.1, 0.15) is 43.0 Å². The number of fused-ring (bicyclic) bond motifs is 2. The normalized spacial score (nSPS) is 31.3. The van der Waals surface area contributed by atoms with Crippen molar-refractivity contribution in [3.05, 3.63) is 35.9 Å². The zero-order valence-electron chi connectivity index (χ0n) is 10.9. The first kappa shape index (κ1) is 11.8. The van der Waals surface area contributed by atoms with E-state index in [4.69, 9.17) is 0 Å². The molecule has 2 heteroatoms. The van der Waals surface area contributed by atoms with Crippen LogP contribution < -0.4 is 5.32 Å². The van der Waals surface area contributed by atoms with Crippen LogP contribution in [-0.2, 0) is 0 Å². The molecule has 0 spiro atoms. The second-order valence-corrected chi connectivity index (χ2v) is 5.97. The highest BCUT2D eigenvalue weighted by Gasteiger charge is 2.42. The molecule has 3 rings (SSSR count). The summed E-state index contributed by atoms with van der Waals surface area (Å²) in [5.74, 6) is 2.58. The number of carbonyl (C=O) groups is 1. The first-order chi connectivity index (χ1) is 8.74. The molecule has 0 aromatic heterocycles. The molecule has 0 radical (unpaired) electrons. The topological polar surface area (TPSA) is 29.1 Å². The lowest BCUT2D eigenvalue weighted by Gasteiger charge is -2.28. The van der Waals surface area contributed by atoms with E-state index >= 15 is 0 Å². The molecule has 1 amide bonds. The fourth-order valence-electron chi connectivity index (χ4n) is 3.89. The van der Waals surface area contributed by atoms with Gasteiger partial charge in [-0.2, -0.15) is 0 Å². The van der Waals surface area contributed by atoms with Gasteiger partial charge < -0.3 is 5.32 Å². The van der Waals surface area contributed by atoms with Crippen LogP contribution in [0.2, 0.25) is 0 Å². The highest BCUT2D eigenvalue weighted by molar-refractivity contribution is 5.94. The van der Waals surface area contributed by atoms with Gasteiger partial charge in [0.15, 0.2) is 0 Å². The molecule has 96 valence electrons. The van der Waals surface area contributed by atoms with Crippen molar-refractivity contribution in [3.8, 4) is 0 Å². The van der Waals surface area contributed by atoms with Gasteiger partial charge in [-0.05, 0) is 56.1 Å². The Balaban J connectivity index is 1.61. The summed E-state index contributed by atoms with van der Waals surface area (Å²) in [6, 6.07) is 9.84. The quantitative estimate of drug-likeness (QED) is 0.867. The molecule has 2 fully saturated rings. The number of hydrogen-bond acceptors (Lipinski definition) is 1. The van der Waals surface area contributed by atoms with Crippen LogP contribution in [0.3, 0.4) is 0 Å². The Labute approximate surface area is 109 Å². The minimum Gasteiger partial charge on any atom is -0.349 e. The molecule has 2 nitrogen and oxygen atoms in total. The summed E-state index contributed by atoms with van der Waals surface area (Å²) in [7, 11) is 0. The predicted octanol–water partition coefficient (Wildman–Crippen LogP) is 3.24. The van der Waals surface area contributed by atoms with Gasteiger partial charge in [0, 0.05) is 11.6 Å². The molecule has 0 heterocycles. The van der Waals surface area contributed by atoms with Crippen LogP contribution in [-0.4, -0.2) is 11.9 Å². The zero-order valence-corrected chi connectivity index (χ0v) is 10.9. The smallest absolute Gasteiger partial charge is 0.251 e. The molecule has 1 N–H and O–H groups in total. The molecule has 1 aromatic carbocycles. The summed E-state index contributed by atoms with van der Waals surface area (Å²) in [5, 5.41) is 3.18. The largest absolute Gasteiger partial charge is 0.349 e. The highest BCUT2D eigenvalue weighted by Crippen LogP contribution is 2.49. The van der Waals surface area contributed by atoms with E-state index in [1.807, 2.05) is 30.3 Å². The third-order valence-corrected chi connectivity index (χ3v) is 4.83. The third kappa shape index (κ3) is 2.16. The van der Waals surface area contributed by atoms with Crippen molar-refractivity contribution < 1.29 is 4.79 Å². The highest BCUT2D eigenvalue weighted by atomic mass is 16.1. The van der Waals surface area contributed by atoms with Crippen LogP contribution >= 0.6 is 0 Å². The maximum absolute atomic E-state index is 12.1. The predicted molar refractivity (Wildman–Crippen MR) is 72.3 cm³/mol. The number of rotatable bonds is 3. The van der Waals surface area contributed by atoms with Gasteiger partial charge in [-0.1, -0.05) is 24.6 Å². The molecule has 0 saturated heterocycles. The second kappa shape index (κ2) is 4.75. The van der Waals surface area contributed by atoms with E-state index in [0.29, 0.717) is 12.0 Å². The molecule has 1 aromatic rings. The fraction of sp³-hybridized carbons (Fsp3) is 0.562.